The minimum Gasteiger partial charge on any atom is -0.354 e. The molecule has 0 spiro atoms. The highest BCUT2D eigenvalue weighted by Gasteiger charge is 2.31. The zero-order chi connectivity index (χ0) is 37.5. The number of hydrogen-bond donors (Lipinski definition) is 3. The van der Waals surface area contributed by atoms with Gasteiger partial charge in [0.2, 0.25) is 11.6 Å². The molecule has 4 aromatic heterocycles. The van der Waals surface area contributed by atoms with E-state index in [-0.39, 0.29) is 50.1 Å². The smallest absolute Gasteiger partial charge is 0.200 e. The largest absolute Gasteiger partial charge is 0.354 e. The third kappa shape index (κ3) is 5.07. The number of aromatic nitrogens is 4. The van der Waals surface area contributed by atoms with E-state index in [1.54, 1.807) is 24.3 Å². The van der Waals surface area contributed by atoms with Crippen LogP contribution in [0.3, 0.4) is 0 Å². The Labute approximate surface area is 290 Å². The molecule has 5 heterocycles. The number of fused-ring (bicyclic) bond motifs is 9. The zero-order valence-electron chi connectivity index (χ0n) is 26.2. The Bertz CT molecular complexity index is 2850. The fourth-order valence-corrected chi connectivity index (χ4v) is 6.37. The molecule has 8 bridgehead atoms. The van der Waals surface area contributed by atoms with Crippen molar-refractivity contribution < 1.29 is 43.9 Å². The third-order valence-corrected chi connectivity index (χ3v) is 8.84. The maximum Gasteiger partial charge on any atom is 0.200 e. The van der Waals surface area contributed by atoms with Gasteiger partial charge in [0.15, 0.2) is 46.5 Å². The lowest BCUT2D eigenvalue weighted by atomic mass is 10.0. The van der Waals surface area contributed by atoms with Crippen LogP contribution in [0.25, 0.3) is 78.6 Å². The fourth-order valence-electron chi connectivity index (χ4n) is 6.37. The summed E-state index contributed by atoms with van der Waals surface area (Å²) < 4.78 is 149. The summed E-state index contributed by atoms with van der Waals surface area (Å²) in [5, 5.41) is 0. The first-order valence-corrected chi connectivity index (χ1v) is 15.3. The molecule has 8 rings (SSSR count). The Kier molecular flexibility index (Phi) is 7.68. The van der Waals surface area contributed by atoms with E-state index in [9.17, 15) is 26.3 Å². The molecular formula is C39H16F10N4. The maximum atomic E-state index is 15.5. The zero-order valence-corrected chi connectivity index (χ0v) is 26.2. The molecule has 0 unspecified atom stereocenters. The summed E-state index contributed by atoms with van der Waals surface area (Å²) in [6, 6.07) is 14.5. The van der Waals surface area contributed by atoms with Gasteiger partial charge in [0.1, 0.15) is 0 Å². The van der Waals surface area contributed by atoms with Crippen molar-refractivity contribution in [3.63, 3.8) is 0 Å². The van der Waals surface area contributed by atoms with Crippen LogP contribution in [0.5, 0.6) is 0 Å². The van der Waals surface area contributed by atoms with Crippen molar-refractivity contribution in [2.24, 2.45) is 0 Å². The molecule has 3 aromatic carbocycles. The van der Waals surface area contributed by atoms with E-state index in [4.69, 9.17) is 6.42 Å². The Morgan fingerprint density at radius 2 is 0.736 bits per heavy atom. The monoisotopic (exact) mass is 730 g/mol. The van der Waals surface area contributed by atoms with Gasteiger partial charge in [-0.2, -0.15) is 0 Å². The lowest BCUT2D eigenvalue weighted by Gasteiger charge is -2.10. The van der Waals surface area contributed by atoms with E-state index in [0.29, 0.717) is 11.1 Å². The molecule has 0 fully saturated rings. The molecule has 53 heavy (non-hydrogen) atoms. The van der Waals surface area contributed by atoms with E-state index >= 15 is 17.6 Å². The number of benzene rings is 3. The molecule has 3 N–H and O–H groups in total. The van der Waals surface area contributed by atoms with Gasteiger partial charge in [-0.3, -0.25) is 0 Å². The van der Waals surface area contributed by atoms with Crippen molar-refractivity contribution >= 4 is 45.3 Å². The molecule has 1 aliphatic heterocycles. The second-order valence-corrected chi connectivity index (χ2v) is 11.8. The molecule has 0 saturated carbocycles. The second kappa shape index (κ2) is 12.2. The minimum absolute atomic E-state index is 0.0130. The number of rotatable bonds is 3. The maximum absolute atomic E-state index is 15.5. The van der Waals surface area contributed by atoms with E-state index in [0.717, 1.165) is 0 Å². The Morgan fingerprint density at radius 3 is 1.21 bits per heavy atom. The van der Waals surface area contributed by atoms with Crippen LogP contribution in [-0.2, 0) is 0 Å². The number of aromatic amines is 3. The van der Waals surface area contributed by atoms with Crippen molar-refractivity contribution in [3.05, 3.63) is 136 Å². The number of terminal acetylenes is 1. The summed E-state index contributed by atoms with van der Waals surface area (Å²) >= 11 is 0. The lowest BCUT2D eigenvalue weighted by Crippen LogP contribution is -2.05. The first kappa shape index (κ1) is 33.4. The predicted molar refractivity (Wildman–Crippen MR) is 179 cm³/mol. The topological polar surface area (TPSA) is 60.3 Å². The molecular weight excluding hydrogens is 714 g/mol. The summed E-state index contributed by atoms with van der Waals surface area (Å²) in [7, 11) is 0. The summed E-state index contributed by atoms with van der Waals surface area (Å²) in [5.41, 5.74) is -2.51. The minimum atomic E-state index is -2.36. The SMILES string of the molecule is C#Cc1ccc(-c2c3ccc([nH]3)c(-c3c(F)c(F)c(F)c(F)c3F)c3nc(c4ccc([nH]4)c(-c4c(F)c(F)c(F)c(F)c4F)c4ccc2[nH]4)C=C3)cc1. The van der Waals surface area contributed by atoms with Crippen LogP contribution in [0, 0.1) is 70.5 Å². The second-order valence-electron chi connectivity index (χ2n) is 11.8. The van der Waals surface area contributed by atoms with Crippen molar-refractivity contribution in [2.75, 3.05) is 0 Å². The van der Waals surface area contributed by atoms with Crippen molar-refractivity contribution in [2.45, 2.75) is 0 Å². The number of nitrogens with one attached hydrogen (secondary N) is 3. The van der Waals surface area contributed by atoms with Crippen LogP contribution >= 0.6 is 0 Å². The third-order valence-electron chi connectivity index (χ3n) is 8.84. The predicted octanol–water partition coefficient (Wildman–Crippen LogP) is 11.1. The first-order valence-electron chi connectivity index (χ1n) is 15.3. The van der Waals surface area contributed by atoms with E-state index in [2.05, 4.69) is 25.9 Å². The fraction of sp³-hybridized carbons (Fsp3) is 0. The Morgan fingerprint density at radius 1 is 0.377 bits per heavy atom. The van der Waals surface area contributed by atoms with Crippen LogP contribution in [0.15, 0.2) is 60.7 Å². The normalized spacial score (nSPS) is 11.9. The van der Waals surface area contributed by atoms with Gasteiger partial charge < -0.3 is 15.0 Å². The van der Waals surface area contributed by atoms with Crippen LogP contribution in [0.1, 0.15) is 17.0 Å². The van der Waals surface area contributed by atoms with Gasteiger partial charge in [0.25, 0.3) is 0 Å². The molecule has 7 aromatic rings. The first-order chi connectivity index (χ1) is 25.4. The molecule has 0 radical (unpaired) electrons. The highest BCUT2D eigenvalue weighted by Crippen LogP contribution is 2.40. The summed E-state index contributed by atoms with van der Waals surface area (Å²) in [5.74, 6) is -19.5. The molecule has 4 nitrogen and oxygen atoms in total. The van der Waals surface area contributed by atoms with Crippen LogP contribution in [0.2, 0.25) is 0 Å². The van der Waals surface area contributed by atoms with Crippen molar-refractivity contribution in [1.29, 1.82) is 0 Å². The molecule has 0 amide bonds. The summed E-state index contributed by atoms with van der Waals surface area (Å²) in [4.78, 5) is 13.2. The van der Waals surface area contributed by atoms with Gasteiger partial charge in [-0.25, -0.2) is 48.9 Å². The molecule has 14 heteroatoms. The molecule has 1 aliphatic rings. The average molecular weight is 731 g/mol. The Hall–Kier alpha value is -6.75. The van der Waals surface area contributed by atoms with E-state index < -0.39 is 80.4 Å². The molecule has 0 aliphatic carbocycles. The number of halogens is 10. The average Bonchev–Trinajstić information content (AvgIpc) is 4.00. The van der Waals surface area contributed by atoms with Crippen LogP contribution in [0.4, 0.5) is 43.9 Å². The van der Waals surface area contributed by atoms with Gasteiger partial charge >= 0.3 is 0 Å². The molecule has 262 valence electrons. The lowest BCUT2D eigenvalue weighted by molar-refractivity contribution is 0.381. The Balaban J connectivity index is 1.60. The quantitative estimate of drug-likeness (QED) is 0.0721. The molecule has 0 atom stereocenters. The van der Waals surface area contributed by atoms with Gasteiger partial charge in [0, 0.05) is 49.8 Å². The number of nitrogens with zero attached hydrogens (tertiary/aromatic N) is 1. The van der Waals surface area contributed by atoms with E-state index in [1.807, 2.05) is 0 Å². The van der Waals surface area contributed by atoms with Crippen molar-refractivity contribution in [3.8, 4) is 45.7 Å². The number of H-pyrrole nitrogens is 3. The molecule has 0 saturated heterocycles. The summed E-state index contributed by atoms with van der Waals surface area (Å²) in [6.45, 7) is 0. The summed E-state index contributed by atoms with van der Waals surface area (Å²) in [6.07, 6.45) is 8.09. The van der Waals surface area contributed by atoms with Crippen molar-refractivity contribution in [1.82, 2.24) is 19.9 Å². The highest BCUT2D eigenvalue weighted by atomic mass is 19.2. The standard InChI is InChI=1S/C39H16F10N4/c1-2-15-3-5-16(6-4-15)25-19-11-13-23(52-19)26(28-30(40)34(44)38(48)35(45)31(28)41)21-9-7-17(50-21)18-8-10-22(51-18)27(24-14-12-20(25)53-24)29-32(42)36(46)39(49)37(47)33(29)43/h1,3-14,50,52-53H. The van der Waals surface area contributed by atoms with Crippen LogP contribution < -0.4 is 0 Å². The number of hydrogen-bond acceptors (Lipinski definition) is 1. The van der Waals surface area contributed by atoms with E-state index in [1.165, 1.54) is 48.6 Å². The van der Waals surface area contributed by atoms with Gasteiger partial charge in [-0.05, 0) is 66.2 Å². The van der Waals surface area contributed by atoms with Gasteiger partial charge in [-0.1, -0.05) is 18.1 Å². The van der Waals surface area contributed by atoms with Gasteiger partial charge in [0.05, 0.1) is 28.0 Å². The van der Waals surface area contributed by atoms with Crippen LogP contribution in [-0.4, -0.2) is 19.9 Å². The highest BCUT2D eigenvalue weighted by molar-refractivity contribution is 6.00. The van der Waals surface area contributed by atoms with Gasteiger partial charge in [-0.15, -0.1) is 6.42 Å².